The summed E-state index contributed by atoms with van der Waals surface area (Å²) >= 11 is 0. The highest BCUT2D eigenvalue weighted by atomic mass is 19.3. The van der Waals surface area contributed by atoms with E-state index in [9.17, 15) is 13.6 Å². The third kappa shape index (κ3) is 2.11. The number of carboxylic acid groups (broad SMARTS) is 1. The summed E-state index contributed by atoms with van der Waals surface area (Å²) in [7, 11) is 0. The van der Waals surface area contributed by atoms with Crippen LogP contribution in [0.2, 0.25) is 0 Å². The average molecular weight is 167 g/mol. The molecule has 5 heteroatoms. The highest BCUT2D eigenvalue weighted by Crippen LogP contribution is 2.27. The second-order valence-corrected chi connectivity index (χ2v) is 2.94. The lowest BCUT2D eigenvalue weighted by molar-refractivity contribution is -0.144. The van der Waals surface area contributed by atoms with Gasteiger partial charge < -0.3 is 10.8 Å². The van der Waals surface area contributed by atoms with Crippen molar-refractivity contribution in [3.63, 3.8) is 0 Å². The first kappa shape index (κ1) is 10.3. The molecule has 0 rings (SSSR count). The van der Waals surface area contributed by atoms with Crippen LogP contribution in [0, 0.1) is 5.41 Å². The van der Waals surface area contributed by atoms with Crippen LogP contribution < -0.4 is 5.73 Å². The van der Waals surface area contributed by atoms with Gasteiger partial charge in [0.05, 0.1) is 5.41 Å². The fourth-order valence-corrected chi connectivity index (χ4v) is 0.454. The molecule has 0 saturated heterocycles. The van der Waals surface area contributed by atoms with E-state index in [0.717, 1.165) is 13.8 Å². The van der Waals surface area contributed by atoms with Crippen LogP contribution in [-0.4, -0.2) is 23.5 Å². The first-order valence-electron chi connectivity index (χ1n) is 3.06. The van der Waals surface area contributed by atoms with Gasteiger partial charge in [-0.15, -0.1) is 0 Å². The van der Waals surface area contributed by atoms with Gasteiger partial charge in [-0.25, -0.2) is 8.78 Å². The van der Waals surface area contributed by atoms with Crippen LogP contribution in [0.4, 0.5) is 8.78 Å². The SMILES string of the molecule is CC(C)(C(F)F)C(N)C(=O)O. The van der Waals surface area contributed by atoms with Crippen molar-refractivity contribution >= 4 is 5.97 Å². The maximum absolute atomic E-state index is 12.1. The number of hydrogen-bond donors (Lipinski definition) is 2. The zero-order chi connectivity index (χ0) is 9.23. The second kappa shape index (κ2) is 3.13. The van der Waals surface area contributed by atoms with Crippen LogP contribution in [-0.2, 0) is 4.79 Å². The van der Waals surface area contributed by atoms with Gasteiger partial charge in [0, 0.05) is 0 Å². The fraction of sp³-hybridized carbons (Fsp3) is 0.833. The Morgan fingerprint density at radius 3 is 2.00 bits per heavy atom. The van der Waals surface area contributed by atoms with Crippen molar-refractivity contribution in [2.45, 2.75) is 26.3 Å². The zero-order valence-electron chi connectivity index (χ0n) is 6.34. The summed E-state index contributed by atoms with van der Waals surface area (Å²) in [6.45, 7) is 2.24. The average Bonchev–Trinajstić information content (AvgIpc) is 1.85. The Bertz CT molecular complexity index is 159. The molecule has 0 aromatic rings. The van der Waals surface area contributed by atoms with E-state index in [0.29, 0.717) is 0 Å². The second-order valence-electron chi connectivity index (χ2n) is 2.94. The topological polar surface area (TPSA) is 63.3 Å². The highest BCUT2D eigenvalue weighted by Gasteiger charge is 2.40. The van der Waals surface area contributed by atoms with Crippen LogP contribution in [0.15, 0.2) is 0 Å². The van der Waals surface area contributed by atoms with E-state index in [1.54, 1.807) is 0 Å². The molecule has 1 unspecified atom stereocenters. The van der Waals surface area contributed by atoms with Crippen LogP contribution in [0.3, 0.4) is 0 Å². The van der Waals surface area contributed by atoms with Gasteiger partial charge >= 0.3 is 5.97 Å². The van der Waals surface area contributed by atoms with E-state index in [2.05, 4.69) is 0 Å². The predicted molar refractivity (Wildman–Crippen MR) is 35.4 cm³/mol. The van der Waals surface area contributed by atoms with E-state index in [4.69, 9.17) is 10.8 Å². The van der Waals surface area contributed by atoms with Gasteiger partial charge in [0.25, 0.3) is 0 Å². The monoisotopic (exact) mass is 167 g/mol. The summed E-state index contributed by atoms with van der Waals surface area (Å²) in [5.41, 5.74) is 3.34. The van der Waals surface area contributed by atoms with Gasteiger partial charge in [-0.1, -0.05) is 13.8 Å². The summed E-state index contributed by atoms with van der Waals surface area (Å²) in [6, 6.07) is -1.53. The number of carbonyl (C=O) groups is 1. The molecule has 0 aliphatic heterocycles. The molecule has 1 atom stereocenters. The third-order valence-corrected chi connectivity index (χ3v) is 1.63. The minimum atomic E-state index is -2.73. The molecule has 0 aliphatic carbocycles. The minimum Gasteiger partial charge on any atom is -0.480 e. The molecule has 0 aromatic carbocycles. The van der Waals surface area contributed by atoms with Crippen LogP contribution >= 0.6 is 0 Å². The summed E-state index contributed by atoms with van der Waals surface area (Å²) < 4.78 is 24.2. The van der Waals surface area contributed by atoms with Crippen molar-refractivity contribution in [3.8, 4) is 0 Å². The lowest BCUT2D eigenvalue weighted by Gasteiger charge is -2.27. The van der Waals surface area contributed by atoms with E-state index in [-0.39, 0.29) is 0 Å². The lowest BCUT2D eigenvalue weighted by Crippen LogP contribution is -2.47. The smallest absolute Gasteiger partial charge is 0.321 e. The number of halogens is 2. The van der Waals surface area contributed by atoms with Crippen LogP contribution in [0.5, 0.6) is 0 Å². The van der Waals surface area contributed by atoms with Gasteiger partial charge in [-0.2, -0.15) is 0 Å². The van der Waals surface area contributed by atoms with Gasteiger partial charge in [-0.3, -0.25) is 4.79 Å². The minimum absolute atomic E-state index is 1.12. The molecular weight excluding hydrogens is 156 g/mol. The molecule has 11 heavy (non-hydrogen) atoms. The maximum Gasteiger partial charge on any atom is 0.321 e. The number of rotatable bonds is 3. The van der Waals surface area contributed by atoms with Crippen molar-refractivity contribution in [3.05, 3.63) is 0 Å². The Balaban J connectivity index is 4.41. The number of nitrogens with two attached hydrogens (primary N) is 1. The molecule has 3 nitrogen and oxygen atoms in total. The van der Waals surface area contributed by atoms with Gasteiger partial charge in [0.1, 0.15) is 6.04 Å². The van der Waals surface area contributed by atoms with Crippen LogP contribution in [0.1, 0.15) is 13.8 Å². The Kier molecular flexibility index (Phi) is 2.92. The van der Waals surface area contributed by atoms with E-state index >= 15 is 0 Å². The summed E-state index contributed by atoms with van der Waals surface area (Å²) in [5.74, 6) is -1.41. The number of carboxylic acids is 1. The molecule has 0 amide bonds. The molecular formula is C6H11F2NO2. The third-order valence-electron chi connectivity index (χ3n) is 1.63. The van der Waals surface area contributed by atoms with Crippen molar-refractivity contribution in [1.29, 1.82) is 0 Å². The summed E-state index contributed by atoms with van der Waals surface area (Å²) in [4.78, 5) is 10.2. The largest absolute Gasteiger partial charge is 0.480 e. The van der Waals surface area contributed by atoms with Crippen LogP contribution in [0.25, 0.3) is 0 Å². The Morgan fingerprint density at radius 2 is 1.91 bits per heavy atom. The van der Waals surface area contributed by atoms with E-state index < -0.39 is 23.9 Å². The summed E-state index contributed by atoms with van der Waals surface area (Å²) in [5, 5.41) is 8.31. The van der Waals surface area contributed by atoms with Gasteiger partial charge in [0.2, 0.25) is 6.43 Å². The molecule has 0 aromatic heterocycles. The van der Waals surface area contributed by atoms with E-state index in [1.807, 2.05) is 0 Å². The standard InChI is InChI=1S/C6H11F2NO2/c1-6(2,5(7)8)3(9)4(10)11/h3,5H,9H2,1-2H3,(H,10,11). The predicted octanol–water partition coefficient (Wildman–Crippen LogP) is 0.690. The Hall–Kier alpha value is -0.710. The molecule has 0 saturated carbocycles. The normalized spacial score (nSPS) is 15.1. The first-order chi connectivity index (χ1) is 4.80. The van der Waals surface area contributed by atoms with Crippen molar-refractivity contribution < 1.29 is 18.7 Å². The molecule has 0 radical (unpaired) electrons. The Morgan fingerprint density at radius 1 is 1.55 bits per heavy atom. The fourth-order valence-electron chi connectivity index (χ4n) is 0.454. The molecule has 0 bridgehead atoms. The molecule has 0 spiro atoms. The van der Waals surface area contributed by atoms with Gasteiger partial charge in [-0.05, 0) is 0 Å². The first-order valence-corrected chi connectivity index (χ1v) is 3.06. The number of aliphatic carboxylic acids is 1. The molecule has 0 fully saturated rings. The highest BCUT2D eigenvalue weighted by molar-refractivity contribution is 5.74. The molecule has 0 heterocycles. The van der Waals surface area contributed by atoms with E-state index in [1.165, 1.54) is 0 Å². The van der Waals surface area contributed by atoms with Crippen molar-refractivity contribution in [2.24, 2.45) is 11.1 Å². The number of alkyl halides is 2. The molecule has 0 aliphatic rings. The molecule has 3 N–H and O–H groups in total. The van der Waals surface area contributed by atoms with Crippen molar-refractivity contribution in [1.82, 2.24) is 0 Å². The molecule has 66 valence electrons. The number of hydrogen-bond acceptors (Lipinski definition) is 2. The Labute approximate surface area is 63.2 Å². The van der Waals surface area contributed by atoms with Gasteiger partial charge in [0.15, 0.2) is 0 Å². The zero-order valence-corrected chi connectivity index (χ0v) is 6.34. The van der Waals surface area contributed by atoms with Crippen molar-refractivity contribution in [2.75, 3.05) is 0 Å². The summed E-state index contributed by atoms with van der Waals surface area (Å²) in [6.07, 6.45) is -2.73. The quantitative estimate of drug-likeness (QED) is 0.650. The maximum atomic E-state index is 12.1. The lowest BCUT2D eigenvalue weighted by atomic mass is 9.85.